The molecule has 0 aromatic heterocycles. The minimum Gasteiger partial charge on any atom is -0.434 e. The van der Waals surface area contributed by atoms with Crippen LogP contribution in [-0.4, -0.2) is 20.5 Å². The first kappa shape index (κ1) is 16.6. The zero-order chi connectivity index (χ0) is 15.6. The van der Waals surface area contributed by atoms with E-state index in [1.54, 1.807) is 0 Å². The molecule has 1 rings (SSSR count). The van der Waals surface area contributed by atoms with E-state index in [2.05, 4.69) is 8.92 Å². The van der Waals surface area contributed by atoms with Crippen molar-refractivity contribution in [1.29, 1.82) is 0 Å². The first-order chi connectivity index (χ1) is 9.04. The van der Waals surface area contributed by atoms with Crippen molar-refractivity contribution in [2.24, 2.45) is 0 Å². The number of hydrogen-bond donors (Lipinski definition) is 0. The van der Waals surface area contributed by atoms with Gasteiger partial charge in [-0.2, -0.15) is 30.4 Å². The van der Waals surface area contributed by atoms with Gasteiger partial charge < -0.3 is 4.74 Å². The van der Waals surface area contributed by atoms with Gasteiger partial charge in [0.25, 0.3) is 0 Å². The number of hydrogen-bond acceptors (Lipinski definition) is 4. The van der Waals surface area contributed by atoms with Crippen molar-refractivity contribution in [3.63, 3.8) is 0 Å². The SMILES string of the molecule is CC(OS(=O)(=O)C(F)(F)F)c1ccccc1OC(F)F. The summed E-state index contributed by atoms with van der Waals surface area (Å²) in [6.45, 7) is -2.24. The molecule has 0 spiro atoms. The molecule has 4 nitrogen and oxygen atoms in total. The third-order valence-electron chi connectivity index (χ3n) is 2.13. The molecule has 0 N–H and O–H groups in total. The molecule has 0 heterocycles. The molecular weight excluding hydrogens is 311 g/mol. The van der Waals surface area contributed by atoms with Crippen molar-refractivity contribution in [1.82, 2.24) is 0 Å². The second-order valence-electron chi connectivity index (χ2n) is 3.55. The van der Waals surface area contributed by atoms with E-state index in [1.165, 1.54) is 12.1 Å². The number of ether oxygens (including phenoxy) is 1. The second-order valence-corrected chi connectivity index (χ2v) is 5.12. The number of rotatable bonds is 5. The van der Waals surface area contributed by atoms with E-state index in [1.807, 2.05) is 0 Å². The molecule has 0 radical (unpaired) electrons. The smallest absolute Gasteiger partial charge is 0.434 e. The lowest BCUT2D eigenvalue weighted by atomic mass is 10.1. The number of para-hydroxylation sites is 1. The average molecular weight is 320 g/mol. The van der Waals surface area contributed by atoms with Crippen LogP contribution in [0.4, 0.5) is 22.0 Å². The molecule has 1 atom stereocenters. The normalized spacial score (nSPS) is 14.3. The maximum Gasteiger partial charge on any atom is 0.523 e. The summed E-state index contributed by atoms with van der Waals surface area (Å²) in [4.78, 5) is 0. The lowest BCUT2D eigenvalue weighted by molar-refractivity contribution is -0.0590. The van der Waals surface area contributed by atoms with E-state index in [4.69, 9.17) is 0 Å². The first-order valence-corrected chi connectivity index (χ1v) is 6.48. The Bertz CT molecular complexity index is 555. The van der Waals surface area contributed by atoms with Gasteiger partial charge in [-0.1, -0.05) is 18.2 Å². The highest BCUT2D eigenvalue weighted by molar-refractivity contribution is 7.87. The molecule has 20 heavy (non-hydrogen) atoms. The van der Waals surface area contributed by atoms with Crippen LogP contribution in [0, 0.1) is 0 Å². The van der Waals surface area contributed by atoms with Crippen molar-refractivity contribution in [3.8, 4) is 5.75 Å². The van der Waals surface area contributed by atoms with Gasteiger partial charge in [0.05, 0.1) is 0 Å². The summed E-state index contributed by atoms with van der Waals surface area (Å²) in [5.41, 5.74) is -5.85. The summed E-state index contributed by atoms with van der Waals surface area (Å²) >= 11 is 0. The van der Waals surface area contributed by atoms with Gasteiger partial charge in [-0.15, -0.1) is 0 Å². The quantitative estimate of drug-likeness (QED) is 0.475. The van der Waals surface area contributed by atoms with Crippen LogP contribution >= 0.6 is 0 Å². The molecule has 0 fully saturated rings. The number of alkyl halides is 5. The Balaban J connectivity index is 3.02. The molecule has 0 amide bonds. The van der Waals surface area contributed by atoms with Gasteiger partial charge >= 0.3 is 22.2 Å². The van der Waals surface area contributed by atoms with Gasteiger partial charge in [-0.3, -0.25) is 4.18 Å². The summed E-state index contributed by atoms with van der Waals surface area (Å²) in [6.07, 6.45) is -1.64. The molecule has 0 saturated carbocycles. The highest BCUT2D eigenvalue weighted by Gasteiger charge is 2.48. The van der Waals surface area contributed by atoms with E-state index in [9.17, 15) is 30.4 Å². The topological polar surface area (TPSA) is 52.6 Å². The first-order valence-electron chi connectivity index (χ1n) is 5.08. The van der Waals surface area contributed by atoms with Crippen molar-refractivity contribution in [2.75, 3.05) is 0 Å². The Hall–Kier alpha value is -1.42. The monoisotopic (exact) mass is 320 g/mol. The Labute approximate surface area is 111 Å². The zero-order valence-electron chi connectivity index (χ0n) is 9.90. The third kappa shape index (κ3) is 4.04. The van der Waals surface area contributed by atoms with Crippen LogP contribution in [0.2, 0.25) is 0 Å². The van der Waals surface area contributed by atoms with E-state index in [0.717, 1.165) is 19.1 Å². The van der Waals surface area contributed by atoms with Crippen LogP contribution in [0.15, 0.2) is 24.3 Å². The third-order valence-corrected chi connectivity index (χ3v) is 3.24. The summed E-state index contributed by atoms with van der Waals surface area (Å²) in [6, 6.07) is 4.79. The van der Waals surface area contributed by atoms with Gasteiger partial charge in [0.2, 0.25) is 0 Å². The van der Waals surface area contributed by atoms with Crippen molar-refractivity contribution in [3.05, 3.63) is 29.8 Å². The lowest BCUT2D eigenvalue weighted by Crippen LogP contribution is -2.26. The molecule has 0 aliphatic carbocycles. The highest BCUT2D eigenvalue weighted by Crippen LogP contribution is 2.33. The van der Waals surface area contributed by atoms with Gasteiger partial charge in [0.1, 0.15) is 11.9 Å². The summed E-state index contributed by atoms with van der Waals surface area (Å²) in [5, 5.41) is 0. The van der Waals surface area contributed by atoms with Crippen LogP contribution < -0.4 is 4.74 Å². The van der Waals surface area contributed by atoms with E-state index >= 15 is 0 Å². The maximum absolute atomic E-state index is 12.2. The Morgan fingerprint density at radius 1 is 1.15 bits per heavy atom. The average Bonchev–Trinajstić information content (AvgIpc) is 2.26. The summed E-state index contributed by atoms with van der Waals surface area (Å²) in [7, 11) is -5.83. The molecular formula is C10H9F5O4S. The van der Waals surface area contributed by atoms with Gasteiger partial charge in [0.15, 0.2) is 0 Å². The van der Waals surface area contributed by atoms with E-state index < -0.39 is 34.1 Å². The minimum atomic E-state index is -5.83. The molecule has 0 saturated heterocycles. The van der Waals surface area contributed by atoms with Crippen molar-refractivity contribution < 1.29 is 39.3 Å². The standard InChI is InChI=1S/C10H9F5O4S/c1-6(19-20(16,17)10(13,14)15)7-4-2-3-5-8(7)18-9(11)12/h2-6,9H,1H3. The van der Waals surface area contributed by atoms with Crippen molar-refractivity contribution in [2.45, 2.75) is 25.1 Å². The largest absolute Gasteiger partial charge is 0.523 e. The van der Waals surface area contributed by atoms with Crippen LogP contribution in [0.1, 0.15) is 18.6 Å². The highest BCUT2D eigenvalue weighted by atomic mass is 32.2. The Morgan fingerprint density at radius 2 is 1.70 bits per heavy atom. The van der Waals surface area contributed by atoms with Crippen LogP contribution in [-0.2, 0) is 14.3 Å². The fraction of sp³-hybridized carbons (Fsp3) is 0.400. The van der Waals surface area contributed by atoms with Gasteiger partial charge in [-0.25, -0.2) is 0 Å². The van der Waals surface area contributed by atoms with Gasteiger partial charge in [0, 0.05) is 5.56 Å². The van der Waals surface area contributed by atoms with E-state index in [0.29, 0.717) is 0 Å². The molecule has 0 aliphatic rings. The fourth-order valence-electron chi connectivity index (χ4n) is 1.32. The minimum absolute atomic E-state index is 0.249. The molecule has 0 bridgehead atoms. The van der Waals surface area contributed by atoms with Crippen LogP contribution in [0.3, 0.4) is 0 Å². The predicted octanol–water partition coefficient (Wildman–Crippen LogP) is 3.22. The molecule has 1 aromatic rings. The van der Waals surface area contributed by atoms with E-state index in [-0.39, 0.29) is 5.56 Å². The molecule has 0 aliphatic heterocycles. The fourth-order valence-corrected chi connectivity index (χ4v) is 1.91. The lowest BCUT2D eigenvalue weighted by Gasteiger charge is -2.17. The molecule has 1 unspecified atom stereocenters. The Morgan fingerprint density at radius 3 is 2.20 bits per heavy atom. The maximum atomic E-state index is 12.2. The molecule has 114 valence electrons. The number of benzene rings is 1. The summed E-state index contributed by atoms with van der Waals surface area (Å²) in [5.74, 6) is -0.465. The summed E-state index contributed by atoms with van der Waals surface area (Å²) < 4.78 is 90.4. The predicted molar refractivity (Wildman–Crippen MR) is 57.5 cm³/mol. The Kier molecular flexibility index (Phi) is 4.92. The molecule has 10 heteroatoms. The zero-order valence-corrected chi connectivity index (χ0v) is 10.7. The molecule has 1 aromatic carbocycles. The second kappa shape index (κ2) is 5.92. The van der Waals surface area contributed by atoms with Crippen LogP contribution in [0.25, 0.3) is 0 Å². The van der Waals surface area contributed by atoms with Gasteiger partial charge in [-0.05, 0) is 13.0 Å². The number of halogens is 5. The van der Waals surface area contributed by atoms with Crippen molar-refractivity contribution >= 4 is 10.1 Å². The van der Waals surface area contributed by atoms with Crippen LogP contribution in [0.5, 0.6) is 5.75 Å².